The zero-order valence-electron chi connectivity index (χ0n) is 10.5. The Morgan fingerprint density at radius 2 is 2.00 bits per heavy atom. The first-order chi connectivity index (χ1) is 9.02. The first-order valence-electron chi connectivity index (χ1n) is 6.56. The van der Waals surface area contributed by atoms with Gasteiger partial charge in [0.1, 0.15) is 5.69 Å². The van der Waals surface area contributed by atoms with Gasteiger partial charge in [0.15, 0.2) is 0 Å². The Balaban J connectivity index is 1.58. The zero-order valence-corrected chi connectivity index (χ0v) is 10.5. The van der Waals surface area contributed by atoms with E-state index in [0.717, 1.165) is 31.6 Å². The molecule has 1 unspecified atom stereocenters. The molecule has 0 bridgehead atoms. The lowest BCUT2D eigenvalue weighted by Crippen LogP contribution is -2.27. The standard InChI is InChI=1S/C13H16F3N3/c14-13(15,16)12-4-1-9(7-17-12)18-10-5-6-19(8-10)11-2-3-11/h1,4,7,10-11,18H,2-3,5-6,8H2. The summed E-state index contributed by atoms with van der Waals surface area (Å²) in [6, 6.07) is 3.54. The van der Waals surface area contributed by atoms with E-state index >= 15 is 0 Å². The molecule has 1 aliphatic heterocycles. The number of halogens is 3. The third-order valence-corrected chi connectivity index (χ3v) is 3.71. The van der Waals surface area contributed by atoms with Crippen LogP contribution >= 0.6 is 0 Å². The molecule has 1 atom stereocenters. The predicted octanol–water partition coefficient (Wildman–Crippen LogP) is 2.75. The van der Waals surface area contributed by atoms with Crippen LogP contribution < -0.4 is 5.32 Å². The van der Waals surface area contributed by atoms with Crippen LogP contribution in [0.4, 0.5) is 18.9 Å². The van der Waals surface area contributed by atoms with Crippen LogP contribution in [0, 0.1) is 0 Å². The largest absolute Gasteiger partial charge is 0.433 e. The highest BCUT2D eigenvalue weighted by Gasteiger charge is 2.34. The van der Waals surface area contributed by atoms with Gasteiger partial charge in [0, 0.05) is 25.2 Å². The van der Waals surface area contributed by atoms with Crippen molar-refractivity contribution in [1.29, 1.82) is 0 Å². The predicted molar refractivity (Wildman–Crippen MR) is 65.9 cm³/mol. The summed E-state index contributed by atoms with van der Waals surface area (Å²) >= 11 is 0. The Morgan fingerprint density at radius 3 is 2.58 bits per heavy atom. The smallest absolute Gasteiger partial charge is 0.380 e. The third-order valence-electron chi connectivity index (χ3n) is 3.71. The van der Waals surface area contributed by atoms with E-state index < -0.39 is 11.9 Å². The summed E-state index contributed by atoms with van der Waals surface area (Å²) in [7, 11) is 0. The third kappa shape index (κ3) is 3.00. The number of hydrogen-bond acceptors (Lipinski definition) is 3. The molecule has 2 fully saturated rings. The van der Waals surface area contributed by atoms with E-state index in [1.54, 1.807) is 0 Å². The van der Waals surface area contributed by atoms with Crippen molar-refractivity contribution in [2.45, 2.75) is 37.5 Å². The van der Waals surface area contributed by atoms with Gasteiger partial charge in [-0.1, -0.05) is 0 Å². The van der Waals surface area contributed by atoms with Gasteiger partial charge >= 0.3 is 6.18 Å². The molecule has 0 amide bonds. The van der Waals surface area contributed by atoms with Crippen molar-refractivity contribution >= 4 is 5.69 Å². The van der Waals surface area contributed by atoms with E-state index in [2.05, 4.69) is 15.2 Å². The van der Waals surface area contributed by atoms with Crippen molar-refractivity contribution in [3.05, 3.63) is 24.0 Å². The van der Waals surface area contributed by atoms with Crippen molar-refractivity contribution in [2.24, 2.45) is 0 Å². The topological polar surface area (TPSA) is 28.2 Å². The molecule has 3 rings (SSSR count). The molecule has 6 heteroatoms. The lowest BCUT2D eigenvalue weighted by Gasteiger charge is -2.16. The summed E-state index contributed by atoms with van der Waals surface area (Å²) in [6.45, 7) is 2.06. The van der Waals surface area contributed by atoms with Crippen LogP contribution in [0.5, 0.6) is 0 Å². The number of anilines is 1. The molecule has 1 aliphatic carbocycles. The lowest BCUT2D eigenvalue weighted by atomic mass is 10.2. The Hall–Kier alpha value is -1.30. The Labute approximate surface area is 109 Å². The first-order valence-corrected chi connectivity index (χ1v) is 6.56. The minimum atomic E-state index is -4.37. The van der Waals surface area contributed by atoms with E-state index in [9.17, 15) is 13.2 Å². The average Bonchev–Trinajstić information content (AvgIpc) is 3.10. The summed E-state index contributed by atoms with van der Waals surface area (Å²) in [4.78, 5) is 5.91. The maximum absolute atomic E-state index is 12.4. The van der Waals surface area contributed by atoms with Gasteiger partial charge in [0.05, 0.1) is 11.9 Å². The number of rotatable bonds is 3. The number of alkyl halides is 3. The highest BCUT2D eigenvalue weighted by molar-refractivity contribution is 5.42. The van der Waals surface area contributed by atoms with Crippen LogP contribution in [-0.2, 0) is 6.18 Å². The number of pyridine rings is 1. The molecule has 1 aromatic rings. The van der Waals surface area contributed by atoms with E-state index in [-0.39, 0.29) is 0 Å². The number of hydrogen-bond donors (Lipinski definition) is 1. The Bertz CT molecular complexity index is 439. The van der Waals surface area contributed by atoms with Crippen LogP contribution in [0.2, 0.25) is 0 Å². The summed E-state index contributed by atoms with van der Waals surface area (Å²) in [5, 5.41) is 3.26. The van der Waals surface area contributed by atoms with E-state index in [4.69, 9.17) is 0 Å². The van der Waals surface area contributed by atoms with Crippen molar-refractivity contribution in [2.75, 3.05) is 18.4 Å². The molecular weight excluding hydrogens is 255 g/mol. The van der Waals surface area contributed by atoms with Gasteiger partial charge in [-0.15, -0.1) is 0 Å². The van der Waals surface area contributed by atoms with Crippen molar-refractivity contribution in [1.82, 2.24) is 9.88 Å². The molecule has 2 aliphatic rings. The van der Waals surface area contributed by atoms with E-state index in [0.29, 0.717) is 11.7 Å². The normalized spacial score (nSPS) is 24.7. The van der Waals surface area contributed by atoms with Gasteiger partial charge in [0.2, 0.25) is 0 Å². The number of nitrogens with zero attached hydrogens (tertiary/aromatic N) is 2. The Kier molecular flexibility index (Phi) is 3.12. The highest BCUT2D eigenvalue weighted by Crippen LogP contribution is 2.31. The highest BCUT2D eigenvalue weighted by atomic mass is 19.4. The van der Waals surface area contributed by atoms with Crippen molar-refractivity contribution in [3.63, 3.8) is 0 Å². The fraction of sp³-hybridized carbons (Fsp3) is 0.615. The quantitative estimate of drug-likeness (QED) is 0.916. The molecular formula is C13H16F3N3. The Morgan fingerprint density at radius 1 is 1.21 bits per heavy atom. The van der Waals surface area contributed by atoms with E-state index in [1.807, 2.05) is 0 Å². The van der Waals surface area contributed by atoms with Crippen LogP contribution in [0.15, 0.2) is 18.3 Å². The molecule has 1 saturated heterocycles. The molecule has 0 radical (unpaired) electrons. The fourth-order valence-corrected chi connectivity index (χ4v) is 2.56. The van der Waals surface area contributed by atoms with Crippen LogP contribution in [0.1, 0.15) is 25.0 Å². The zero-order chi connectivity index (χ0) is 13.5. The molecule has 0 spiro atoms. The van der Waals surface area contributed by atoms with Gasteiger partial charge in [-0.25, -0.2) is 4.98 Å². The van der Waals surface area contributed by atoms with Crippen molar-refractivity contribution < 1.29 is 13.2 Å². The first kappa shape index (κ1) is 12.7. The van der Waals surface area contributed by atoms with Gasteiger partial charge in [0.25, 0.3) is 0 Å². The van der Waals surface area contributed by atoms with Crippen LogP contribution in [-0.4, -0.2) is 35.1 Å². The average molecular weight is 271 g/mol. The molecule has 0 aromatic carbocycles. The van der Waals surface area contributed by atoms with Gasteiger partial charge in [-0.3, -0.25) is 4.90 Å². The monoisotopic (exact) mass is 271 g/mol. The molecule has 1 aromatic heterocycles. The summed E-state index contributed by atoms with van der Waals surface area (Å²) in [5.74, 6) is 0. The van der Waals surface area contributed by atoms with Crippen LogP contribution in [0.3, 0.4) is 0 Å². The SMILES string of the molecule is FC(F)(F)c1ccc(NC2CCN(C3CC3)C2)cn1. The molecule has 2 heterocycles. The van der Waals surface area contributed by atoms with E-state index in [1.165, 1.54) is 25.1 Å². The van der Waals surface area contributed by atoms with Crippen molar-refractivity contribution in [3.8, 4) is 0 Å². The summed E-state index contributed by atoms with van der Waals surface area (Å²) in [6.07, 6.45) is 0.512. The van der Waals surface area contributed by atoms with Crippen LogP contribution in [0.25, 0.3) is 0 Å². The summed E-state index contributed by atoms with van der Waals surface area (Å²) < 4.78 is 37.1. The second-order valence-electron chi connectivity index (χ2n) is 5.29. The molecule has 104 valence electrons. The number of nitrogens with one attached hydrogen (secondary N) is 1. The molecule has 1 N–H and O–H groups in total. The molecule has 3 nitrogen and oxygen atoms in total. The molecule has 19 heavy (non-hydrogen) atoms. The number of aromatic nitrogens is 1. The fourth-order valence-electron chi connectivity index (χ4n) is 2.56. The second-order valence-corrected chi connectivity index (χ2v) is 5.29. The maximum Gasteiger partial charge on any atom is 0.433 e. The second kappa shape index (κ2) is 4.67. The number of likely N-dealkylation sites (tertiary alicyclic amines) is 1. The maximum atomic E-state index is 12.4. The minimum Gasteiger partial charge on any atom is -0.380 e. The summed E-state index contributed by atoms with van der Waals surface area (Å²) in [5.41, 5.74) is -0.181. The minimum absolute atomic E-state index is 0.319. The van der Waals surface area contributed by atoms with Gasteiger partial charge in [-0.05, 0) is 31.4 Å². The molecule has 1 saturated carbocycles. The van der Waals surface area contributed by atoms with Gasteiger partial charge in [-0.2, -0.15) is 13.2 Å². The van der Waals surface area contributed by atoms with Gasteiger partial charge < -0.3 is 5.32 Å². The lowest BCUT2D eigenvalue weighted by molar-refractivity contribution is -0.141.